The first kappa shape index (κ1) is 12.2. The second-order valence-corrected chi connectivity index (χ2v) is 3.71. The number of hydrogen-bond donors (Lipinski definition) is 2. The summed E-state index contributed by atoms with van der Waals surface area (Å²) in [5.41, 5.74) is 0.908. The number of carboxylic acid groups (broad SMARTS) is 1. The highest BCUT2D eigenvalue weighted by atomic mass is 16.4. The van der Waals surface area contributed by atoms with E-state index in [4.69, 9.17) is 10.2 Å². The summed E-state index contributed by atoms with van der Waals surface area (Å²) in [7, 11) is 0. The number of rotatable bonds is 5. The Kier molecular flexibility index (Phi) is 4.05. The molecular weight excluding hydrogens is 208 g/mol. The lowest BCUT2D eigenvalue weighted by Crippen LogP contribution is -2.21. The van der Waals surface area contributed by atoms with Gasteiger partial charge in [0.2, 0.25) is 0 Å². The molecule has 0 heterocycles. The van der Waals surface area contributed by atoms with Gasteiger partial charge in [-0.1, -0.05) is 12.1 Å². The molecule has 1 rings (SSSR count). The number of aryl methyl sites for hydroxylation is 1. The standard InChI is InChI=1S/C12H14O4/c1-8(13)11(12(15)16)7-4-9-2-5-10(14)6-3-9/h2-3,5-6,11,14H,4,7H2,1H3,(H,15,16). The topological polar surface area (TPSA) is 74.6 Å². The SMILES string of the molecule is CC(=O)C(CCc1ccc(O)cc1)C(=O)O. The molecule has 0 fully saturated rings. The van der Waals surface area contributed by atoms with Crippen LogP contribution in [0.15, 0.2) is 24.3 Å². The lowest BCUT2D eigenvalue weighted by atomic mass is 9.96. The van der Waals surface area contributed by atoms with Gasteiger partial charge in [-0.25, -0.2) is 0 Å². The summed E-state index contributed by atoms with van der Waals surface area (Å²) in [6.07, 6.45) is 0.798. The summed E-state index contributed by atoms with van der Waals surface area (Å²) in [5.74, 6) is -2.17. The van der Waals surface area contributed by atoms with Crippen molar-refractivity contribution < 1.29 is 19.8 Å². The third-order valence-corrected chi connectivity index (χ3v) is 2.45. The Morgan fingerprint density at radius 3 is 2.25 bits per heavy atom. The van der Waals surface area contributed by atoms with Gasteiger partial charge < -0.3 is 10.2 Å². The predicted octanol–water partition coefficient (Wildman–Crippen LogP) is 1.61. The normalized spacial score (nSPS) is 12.1. The molecule has 1 aromatic carbocycles. The first-order chi connectivity index (χ1) is 7.50. The van der Waals surface area contributed by atoms with E-state index in [9.17, 15) is 9.59 Å². The molecule has 0 aliphatic carbocycles. The maximum Gasteiger partial charge on any atom is 0.314 e. The molecule has 2 N–H and O–H groups in total. The van der Waals surface area contributed by atoms with Crippen LogP contribution in [0, 0.1) is 5.92 Å². The molecule has 0 amide bonds. The van der Waals surface area contributed by atoms with Gasteiger partial charge in [0.05, 0.1) is 0 Å². The molecule has 0 bridgehead atoms. The van der Waals surface area contributed by atoms with Crippen LogP contribution in [0.1, 0.15) is 18.9 Å². The smallest absolute Gasteiger partial charge is 0.314 e. The van der Waals surface area contributed by atoms with Gasteiger partial charge in [-0.2, -0.15) is 0 Å². The fourth-order valence-electron chi connectivity index (χ4n) is 1.47. The molecule has 1 unspecified atom stereocenters. The largest absolute Gasteiger partial charge is 0.508 e. The highest BCUT2D eigenvalue weighted by molar-refractivity contribution is 5.96. The van der Waals surface area contributed by atoms with Crippen molar-refractivity contribution in [2.75, 3.05) is 0 Å². The van der Waals surface area contributed by atoms with E-state index in [1.54, 1.807) is 24.3 Å². The minimum absolute atomic E-state index is 0.171. The van der Waals surface area contributed by atoms with Crippen molar-refractivity contribution in [2.24, 2.45) is 5.92 Å². The zero-order valence-electron chi connectivity index (χ0n) is 9.01. The molecule has 0 radical (unpaired) electrons. The number of carboxylic acids is 1. The van der Waals surface area contributed by atoms with Crippen molar-refractivity contribution in [1.29, 1.82) is 0 Å². The monoisotopic (exact) mass is 222 g/mol. The Morgan fingerprint density at radius 2 is 1.81 bits per heavy atom. The van der Waals surface area contributed by atoms with Crippen LogP contribution in [-0.2, 0) is 16.0 Å². The second-order valence-electron chi connectivity index (χ2n) is 3.71. The van der Waals surface area contributed by atoms with Crippen molar-refractivity contribution in [3.8, 4) is 5.75 Å². The summed E-state index contributed by atoms with van der Waals surface area (Å²) < 4.78 is 0. The van der Waals surface area contributed by atoms with Crippen molar-refractivity contribution >= 4 is 11.8 Å². The van der Waals surface area contributed by atoms with Crippen LogP contribution in [-0.4, -0.2) is 22.0 Å². The van der Waals surface area contributed by atoms with E-state index in [0.29, 0.717) is 6.42 Å². The maximum atomic E-state index is 11.0. The number of Topliss-reactive ketones (excluding diaryl/α,β-unsaturated/α-hetero) is 1. The first-order valence-electron chi connectivity index (χ1n) is 5.02. The van der Waals surface area contributed by atoms with Crippen molar-refractivity contribution in [3.05, 3.63) is 29.8 Å². The molecule has 16 heavy (non-hydrogen) atoms. The molecule has 0 aromatic heterocycles. The third kappa shape index (κ3) is 3.38. The number of benzene rings is 1. The van der Waals surface area contributed by atoms with Gasteiger partial charge in [0.15, 0.2) is 0 Å². The number of phenolic OH excluding ortho intramolecular Hbond substituents is 1. The summed E-state index contributed by atoms with van der Waals surface area (Å²) in [6, 6.07) is 6.51. The molecule has 4 nitrogen and oxygen atoms in total. The number of ketones is 1. The summed E-state index contributed by atoms with van der Waals surface area (Å²) >= 11 is 0. The second kappa shape index (κ2) is 5.30. The minimum atomic E-state index is -1.08. The maximum absolute atomic E-state index is 11.0. The Labute approximate surface area is 93.5 Å². The predicted molar refractivity (Wildman–Crippen MR) is 58.2 cm³/mol. The van der Waals surface area contributed by atoms with Crippen LogP contribution >= 0.6 is 0 Å². The van der Waals surface area contributed by atoms with Crippen LogP contribution in [0.2, 0.25) is 0 Å². The van der Waals surface area contributed by atoms with E-state index in [1.165, 1.54) is 6.92 Å². The molecule has 0 spiro atoms. The lowest BCUT2D eigenvalue weighted by molar-refractivity contribution is -0.145. The molecule has 4 heteroatoms. The molecular formula is C12H14O4. The van der Waals surface area contributed by atoms with Crippen LogP contribution < -0.4 is 0 Å². The van der Waals surface area contributed by atoms with E-state index in [0.717, 1.165) is 5.56 Å². The van der Waals surface area contributed by atoms with Crippen LogP contribution in [0.4, 0.5) is 0 Å². The van der Waals surface area contributed by atoms with E-state index in [1.807, 2.05) is 0 Å². The average molecular weight is 222 g/mol. The van der Waals surface area contributed by atoms with E-state index in [-0.39, 0.29) is 18.0 Å². The quantitative estimate of drug-likeness (QED) is 0.742. The molecule has 1 atom stereocenters. The highest BCUT2D eigenvalue weighted by Gasteiger charge is 2.21. The fourth-order valence-corrected chi connectivity index (χ4v) is 1.47. The molecule has 0 saturated carbocycles. The Hall–Kier alpha value is -1.84. The van der Waals surface area contributed by atoms with Gasteiger partial charge in [0.25, 0.3) is 0 Å². The zero-order chi connectivity index (χ0) is 12.1. The van der Waals surface area contributed by atoms with Crippen molar-refractivity contribution in [2.45, 2.75) is 19.8 Å². The number of carbonyl (C=O) groups is 2. The highest BCUT2D eigenvalue weighted by Crippen LogP contribution is 2.14. The third-order valence-electron chi connectivity index (χ3n) is 2.45. The Balaban J connectivity index is 2.59. The van der Waals surface area contributed by atoms with Gasteiger partial charge in [-0.05, 0) is 37.5 Å². The number of aliphatic carboxylic acids is 1. The Morgan fingerprint density at radius 1 is 1.25 bits per heavy atom. The molecule has 0 saturated heterocycles. The van der Waals surface area contributed by atoms with Crippen LogP contribution in [0.3, 0.4) is 0 Å². The fraction of sp³-hybridized carbons (Fsp3) is 0.333. The molecule has 0 aliphatic heterocycles. The minimum Gasteiger partial charge on any atom is -0.508 e. The van der Waals surface area contributed by atoms with E-state index < -0.39 is 11.9 Å². The number of aromatic hydroxyl groups is 1. The van der Waals surface area contributed by atoms with E-state index >= 15 is 0 Å². The molecule has 1 aromatic rings. The van der Waals surface area contributed by atoms with E-state index in [2.05, 4.69) is 0 Å². The van der Waals surface area contributed by atoms with Crippen LogP contribution in [0.25, 0.3) is 0 Å². The lowest BCUT2D eigenvalue weighted by Gasteiger charge is -2.08. The van der Waals surface area contributed by atoms with Gasteiger partial charge >= 0.3 is 5.97 Å². The average Bonchev–Trinajstić information content (AvgIpc) is 2.20. The number of hydrogen-bond acceptors (Lipinski definition) is 3. The molecule has 0 aliphatic rings. The summed E-state index contributed by atoms with van der Waals surface area (Å²) in [4.78, 5) is 21.8. The van der Waals surface area contributed by atoms with Crippen LogP contribution in [0.5, 0.6) is 5.75 Å². The van der Waals surface area contributed by atoms with Crippen molar-refractivity contribution in [3.63, 3.8) is 0 Å². The van der Waals surface area contributed by atoms with Gasteiger partial charge in [-0.3, -0.25) is 9.59 Å². The molecule has 86 valence electrons. The first-order valence-corrected chi connectivity index (χ1v) is 5.02. The summed E-state index contributed by atoms with van der Waals surface area (Å²) in [5, 5.41) is 17.9. The van der Waals surface area contributed by atoms with Gasteiger partial charge in [0.1, 0.15) is 17.5 Å². The summed E-state index contributed by atoms with van der Waals surface area (Å²) in [6.45, 7) is 1.29. The number of carbonyl (C=O) groups excluding carboxylic acids is 1. The number of phenols is 1. The van der Waals surface area contributed by atoms with Crippen molar-refractivity contribution in [1.82, 2.24) is 0 Å². The zero-order valence-corrected chi connectivity index (χ0v) is 9.01. The van der Waals surface area contributed by atoms with Gasteiger partial charge in [0, 0.05) is 0 Å². The van der Waals surface area contributed by atoms with Gasteiger partial charge in [-0.15, -0.1) is 0 Å². The Bertz CT molecular complexity index is 367.